The van der Waals surface area contributed by atoms with Crippen LogP contribution in [0.1, 0.15) is 43.4 Å². The molecule has 0 radical (unpaired) electrons. The zero-order valence-corrected chi connectivity index (χ0v) is 17.6. The van der Waals surface area contributed by atoms with Crippen molar-refractivity contribution in [3.8, 4) is 11.5 Å². The van der Waals surface area contributed by atoms with Crippen LogP contribution >= 0.6 is 0 Å². The van der Waals surface area contributed by atoms with Crippen molar-refractivity contribution in [2.75, 3.05) is 13.1 Å². The van der Waals surface area contributed by atoms with Crippen LogP contribution in [-0.2, 0) is 23.0 Å². The first-order valence-corrected chi connectivity index (χ1v) is 11.3. The highest BCUT2D eigenvalue weighted by Crippen LogP contribution is 2.37. The first kappa shape index (κ1) is 20.7. The highest BCUT2D eigenvalue weighted by molar-refractivity contribution is 7.87. The number of phenols is 1. The van der Waals surface area contributed by atoms with E-state index in [1.165, 1.54) is 12.1 Å². The standard InChI is InChI=1S/C22H29NO4S/c1-4-10-23(11-5-2)19-12-17-14-21(24)22(15-18(17)13-19)27-28(25,26)20-8-6-16(3)7-9-20/h6-9,14-15,19,24H,4-5,10-13H2,1-3H3. The Morgan fingerprint density at radius 1 is 1.04 bits per heavy atom. The lowest BCUT2D eigenvalue weighted by Gasteiger charge is -2.27. The molecule has 28 heavy (non-hydrogen) atoms. The topological polar surface area (TPSA) is 66.8 Å². The van der Waals surface area contributed by atoms with Crippen molar-refractivity contribution >= 4 is 10.1 Å². The lowest BCUT2D eigenvalue weighted by atomic mass is 10.1. The molecule has 6 heteroatoms. The molecule has 0 saturated heterocycles. The molecular weight excluding hydrogens is 374 g/mol. The van der Waals surface area contributed by atoms with Crippen LogP contribution in [0.3, 0.4) is 0 Å². The van der Waals surface area contributed by atoms with Gasteiger partial charge in [0.2, 0.25) is 0 Å². The van der Waals surface area contributed by atoms with E-state index in [1.54, 1.807) is 24.3 Å². The van der Waals surface area contributed by atoms with Crippen LogP contribution in [0, 0.1) is 6.92 Å². The van der Waals surface area contributed by atoms with Crippen LogP contribution in [-0.4, -0.2) is 37.6 Å². The smallest absolute Gasteiger partial charge is 0.339 e. The summed E-state index contributed by atoms with van der Waals surface area (Å²) in [6.07, 6.45) is 3.91. The van der Waals surface area contributed by atoms with Gasteiger partial charge in [0, 0.05) is 6.04 Å². The molecule has 1 atom stereocenters. The highest BCUT2D eigenvalue weighted by Gasteiger charge is 2.28. The van der Waals surface area contributed by atoms with Gasteiger partial charge in [-0.05, 0) is 81.1 Å². The minimum Gasteiger partial charge on any atom is -0.504 e. The predicted octanol–water partition coefficient (Wildman–Crippen LogP) is 4.06. The van der Waals surface area contributed by atoms with Gasteiger partial charge in [0.05, 0.1) is 0 Å². The average Bonchev–Trinajstić information content (AvgIpc) is 3.04. The fourth-order valence-corrected chi connectivity index (χ4v) is 4.80. The van der Waals surface area contributed by atoms with Crippen molar-refractivity contribution in [2.45, 2.75) is 57.4 Å². The van der Waals surface area contributed by atoms with E-state index in [-0.39, 0.29) is 16.4 Å². The van der Waals surface area contributed by atoms with Gasteiger partial charge in [-0.15, -0.1) is 0 Å². The maximum Gasteiger partial charge on any atom is 0.339 e. The predicted molar refractivity (Wildman–Crippen MR) is 110 cm³/mol. The summed E-state index contributed by atoms with van der Waals surface area (Å²) in [4.78, 5) is 2.56. The summed E-state index contributed by atoms with van der Waals surface area (Å²) in [7, 11) is -3.99. The van der Waals surface area contributed by atoms with Crippen LogP contribution < -0.4 is 4.18 Å². The van der Waals surface area contributed by atoms with E-state index in [0.29, 0.717) is 6.04 Å². The van der Waals surface area contributed by atoms with E-state index >= 15 is 0 Å². The number of hydrogen-bond acceptors (Lipinski definition) is 5. The second kappa shape index (κ2) is 8.53. The second-order valence-electron chi connectivity index (χ2n) is 7.54. The van der Waals surface area contributed by atoms with Gasteiger partial charge in [0.1, 0.15) is 4.90 Å². The average molecular weight is 404 g/mol. The van der Waals surface area contributed by atoms with Gasteiger partial charge in [-0.2, -0.15) is 8.42 Å². The number of rotatable bonds is 8. The SMILES string of the molecule is CCCN(CCC)C1Cc2cc(O)c(OS(=O)(=O)c3ccc(C)cc3)cc2C1. The van der Waals surface area contributed by atoms with E-state index in [2.05, 4.69) is 18.7 Å². The third kappa shape index (κ3) is 4.50. The van der Waals surface area contributed by atoms with Crippen molar-refractivity contribution < 1.29 is 17.7 Å². The Labute approximate surface area is 168 Å². The molecule has 3 rings (SSSR count). The number of hydrogen-bond donors (Lipinski definition) is 1. The molecule has 1 aliphatic rings. The van der Waals surface area contributed by atoms with Gasteiger partial charge in [0.15, 0.2) is 11.5 Å². The Morgan fingerprint density at radius 3 is 2.18 bits per heavy atom. The lowest BCUT2D eigenvalue weighted by Crippen LogP contribution is -2.37. The molecule has 0 bridgehead atoms. The van der Waals surface area contributed by atoms with Gasteiger partial charge in [-0.25, -0.2) is 0 Å². The van der Waals surface area contributed by atoms with Crippen LogP contribution in [0.4, 0.5) is 0 Å². The normalized spacial score (nSPS) is 16.4. The molecule has 0 amide bonds. The molecule has 1 N–H and O–H groups in total. The van der Waals surface area contributed by atoms with Crippen LogP contribution in [0.15, 0.2) is 41.3 Å². The number of aryl methyl sites for hydroxylation is 1. The number of phenolic OH excluding ortho intramolecular Hbond substituents is 1. The zero-order valence-electron chi connectivity index (χ0n) is 16.8. The highest BCUT2D eigenvalue weighted by atomic mass is 32.2. The van der Waals surface area contributed by atoms with Crippen molar-refractivity contribution in [1.82, 2.24) is 4.90 Å². The van der Waals surface area contributed by atoms with Gasteiger partial charge in [0.25, 0.3) is 0 Å². The summed E-state index contributed by atoms with van der Waals surface area (Å²) in [6, 6.07) is 10.2. The molecule has 5 nitrogen and oxygen atoms in total. The molecule has 0 heterocycles. The Hall–Kier alpha value is -2.05. The molecule has 0 aliphatic heterocycles. The first-order chi connectivity index (χ1) is 13.3. The third-order valence-corrected chi connectivity index (χ3v) is 6.49. The minimum atomic E-state index is -3.99. The number of aromatic hydroxyl groups is 1. The molecule has 2 aromatic rings. The second-order valence-corrected chi connectivity index (χ2v) is 9.08. The molecule has 0 spiro atoms. The van der Waals surface area contributed by atoms with Crippen molar-refractivity contribution in [3.63, 3.8) is 0 Å². The van der Waals surface area contributed by atoms with E-state index < -0.39 is 10.1 Å². The summed E-state index contributed by atoms with van der Waals surface area (Å²) < 4.78 is 30.4. The van der Waals surface area contributed by atoms with Crippen molar-refractivity contribution in [2.24, 2.45) is 0 Å². The number of fused-ring (bicyclic) bond motifs is 1. The van der Waals surface area contributed by atoms with Gasteiger partial charge >= 0.3 is 10.1 Å². The van der Waals surface area contributed by atoms with E-state index in [1.807, 2.05) is 6.92 Å². The maximum absolute atomic E-state index is 12.6. The van der Waals surface area contributed by atoms with Crippen LogP contribution in [0.25, 0.3) is 0 Å². The summed E-state index contributed by atoms with van der Waals surface area (Å²) in [5.41, 5.74) is 3.09. The van der Waals surface area contributed by atoms with Crippen LogP contribution in [0.5, 0.6) is 11.5 Å². The summed E-state index contributed by atoms with van der Waals surface area (Å²) in [6.45, 7) is 8.34. The third-order valence-electron chi connectivity index (χ3n) is 5.24. The molecule has 0 aromatic heterocycles. The molecule has 0 saturated carbocycles. The lowest BCUT2D eigenvalue weighted by molar-refractivity contribution is 0.202. The Kier molecular flexibility index (Phi) is 6.30. The Balaban J connectivity index is 1.81. The van der Waals surface area contributed by atoms with E-state index in [0.717, 1.165) is 55.5 Å². The molecule has 152 valence electrons. The first-order valence-electron chi connectivity index (χ1n) is 9.94. The van der Waals surface area contributed by atoms with Crippen molar-refractivity contribution in [3.05, 3.63) is 53.1 Å². The fraction of sp³-hybridized carbons (Fsp3) is 0.455. The fourth-order valence-electron chi connectivity index (χ4n) is 3.86. The quantitative estimate of drug-likeness (QED) is 0.674. The Morgan fingerprint density at radius 2 is 1.61 bits per heavy atom. The maximum atomic E-state index is 12.6. The summed E-state index contributed by atoms with van der Waals surface area (Å²) in [5.74, 6) is -0.134. The van der Waals surface area contributed by atoms with E-state index in [4.69, 9.17) is 4.18 Å². The number of nitrogens with zero attached hydrogens (tertiary/aromatic N) is 1. The largest absolute Gasteiger partial charge is 0.504 e. The van der Waals surface area contributed by atoms with Gasteiger partial charge < -0.3 is 9.29 Å². The van der Waals surface area contributed by atoms with Crippen molar-refractivity contribution in [1.29, 1.82) is 0 Å². The molecule has 1 aliphatic carbocycles. The van der Waals surface area contributed by atoms with Gasteiger partial charge in [-0.1, -0.05) is 31.5 Å². The Bertz CT molecular complexity index is 916. The van der Waals surface area contributed by atoms with Crippen LogP contribution in [0.2, 0.25) is 0 Å². The number of benzene rings is 2. The molecule has 0 fully saturated rings. The molecule has 1 unspecified atom stereocenters. The molecular formula is C22H29NO4S. The van der Waals surface area contributed by atoms with E-state index in [9.17, 15) is 13.5 Å². The summed E-state index contributed by atoms with van der Waals surface area (Å²) in [5, 5.41) is 10.4. The summed E-state index contributed by atoms with van der Waals surface area (Å²) >= 11 is 0. The molecule has 2 aromatic carbocycles. The minimum absolute atomic E-state index is 0.00231. The monoisotopic (exact) mass is 403 g/mol. The van der Waals surface area contributed by atoms with Gasteiger partial charge in [-0.3, -0.25) is 4.90 Å². The zero-order chi connectivity index (χ0) is 20.3.